The Bertz CT molecular complexity index is 1350. The van der Waals surface area contributed by atoms with Crippen LogP contribution in [0.3, 0.4) is 0 Å². The SMILES string of the molecule is Cc1cc(C(C)c2ccc(Oc3ccc(N=C=O)cc3)c(C)c2)ccc1Oc1ccc(N=C=O)cc1. The van der Waals surface area contributed by atoms with Gasteiger partial charge >= 0.3 is 0 Å². The van der Waals surface area contributed by atoms with E-state index in [1.165, 1.54) is 23.3 Å². The summed E-state index contributed by atoms with van der Waals surface area (Å²) in [7, 11) is 0. The molecule has 0 fully saturated rings. The summed E-state index contributed by atoms with van der Waals surface area (Å²) in [6.45, 7) is 6.21. The molecule has 0 unspecified atom stereocenters. The molecule has 0 saturated heterocycles. The predicted octanol–water partition coefficient (Wildman–Crippen LogP) is 7.97. The topological polar surface area (TPSA) is 77.3 Å². The fourth-order valence-electron chi connectivity index (χ4n) is 3.84. The molecule has 0 heterocycles. The number of nitrogens with zero attached hydrogens (tertiary/aromatic N) is 2. The van der Waals surface area contributed by atoms with E-state index in [-0.39, 0.29) is 5.92 Å². The zero-order valence-corrected chi connectivity index (χ0v) is 20.2. The first-order valence-corrected chi connectivity index (χ1v) is 11.4. The van der Waals surface area contributed by atoms with Gasteiger partial charge in [0.15, 0.2) is 0 Å². The van der Waals surface area contributed by atoms with Crippen molar-refractivity contribution >= 4 is 23.5 Å². The lowest BCUT2D eigenvalue weighted by Crippen LogP contribution is -1.99. The number of isocyanates is 2. The molecule has 0 aliphatic rings. The molecule has 0 aliphatic carbocycles. The highest BCUT2D eigenvalue weighted by Crippen LogP contribution is 2.34. The first-order chi connectivity index (χ1) is 17.5. The number of hydrogen-bond donors (Lipinski definition) is 0. The van der Waals surface area contributed by atoms with Crippen molar-refractivity contribution in [3.8, 4) is 23.0 Å². The van der Waals surface area contributed by atoms with Crippen molar-refractivity contribution in [1.82, 2.24) is 0 Å². The van der Waals surface area contributed by atoms with Gasteiger partial charge in [0.1, 0.15) is 23.0 Å². The van der Waals surface area contributed by atoms with Crippen molar-refractivity contribution in [2.45, 2.75) is 26.7 Å². The Labute approximate surface area is 209 Å². The minimum atomic E-state index is 0.173. The molecule has 0 spiro atoms. The molecule has 4 aromatic rings. The summed E-state index contributed by atoms with van der Waals surface area (Å²) in [6.07, 6.45) is 3.06. The molecule has 6 nitrogen and oxygen atoms in total. The van der Waals surface area contributed by atoms with Crippen LogP contribution in [0.1, 0.15) is 35.1 Å². The van der Waals surface area contributed by atoms with E-state index < -0.39 is 0 Å². The smallest absolute Gasteiger partial charge is 0.240 e. The number of carbonyl (C=O) groups excluding carboxylic acids is 2. The lowest BCUT2D eigenvalue weighted by molar-refractivity contribution is 0.478. The van der Waals surface area contributed by atoms with Gasteiger partial charge in [-0.2, -0.15) is 9.98 Å². The van der Waals surface area contributed by atoms with Gasteiger partial charge in [-0.1, -0.05) is 31.2 Å². The summed E-state index contributed by atoms with van der Waals surface area (Å²) >= 11 is 0. The second kappa shape index (κ2) is 11.1. The van der Waals surface area contributed by atoms with Crippen LogP contribution >= 0.6 is 0 Å². The van der Waals surface area contributed by atoms with Crippen LogP contribution in [0.15, 0.2) is 94.9 Å². The predicted molar refractivity (Wildman–Crippen MR) is 138 cm³/mol. The Hall–Kier alpha value is -4.76. The average Bonchev–Trinajstić information content (AvgIpc) is 2.88. The van der Waals surface area contributed by atoms with Gasteiger partial charge in [0, 0.05) is 5.92 Å². The zero-order valence-electron chi connectivity index (χ0n) is 20.2. The quantitative estimate of drug-likeness (QED) is 0.191. The summed E-state index contributed by atoms with van der Waals surface area (Å²) in [4.78, 5) is 27.9. The van der Waals surface area contributed by atoms with Crippen molar-refractivity contribution < 1.29 is 19.1 Å². The average molecular weight is 477 g/mol. The summed E-state index contributed by atoms with van der Waals surface area (Å²) in [6, 6.07) is 26.3. The molecule has 4 rings (SSSR count). The minimum Gasteiger partial charge on any atom is -0.457 e. The molecule has 0 radical (unpaired) electrons. The van der Waals surface area contributed by atoms with Crippen LogP contribution in [0.25, 0.3) is 0 Å². The van der Waals surface area contributed by atoms with Crippen LogP contribution in [-0.2, 0) is 9.59 Å². The largest absolute Gasteiger partial charge is 0.457 e. The van der Waals surface area contributed by atoms with E-state index in [9.17, 15) is 9.59 Å². The summed E-state index contributed by atoms with van der Waals surface area (Å²) < 4.78 is 12.0. The van der Waals surface area contributed by atoms with E-state index in [1.54, 1.807) is 48.5 Å². The van der Waals surface area contributed by atoms with Gasteiger partial charge in [0.25, 0.3) is 0 Å². The maximum absolute atomic E-state index is 10.4. The summed E-state index contributed by atoms with van der Waals surface area (Å²) in [5.74, 6) is 3.04. The highest BCUT2D eigenvalue weighted by atomic mass is 16.5. The van der Waals surface area contributed by atoms with Crippen molar-refractivity contribution in [1.29, 1.82) is 0 Å². The van der Waals surface area contributed by atoms with Gasteiger partial charge in [0.2, 0.25) is 12.2 Å². The second-order valence-corrected chi connectivity index (χ2v) is 8.37. The molecule has 0 aliphatic heterocycles. The molecule has 0 amide bonds. The van der Waals surface area contributed by atoms with Crippen molar-refractivity contribution in [2.24, 2.45) is 9.98 Å². The Morgan fingerprint density at radius 3 is 1.33 bits per heavy atom. The monoisotopic (exact) mass is 476 g/mol. The number of aryl methyl sites for hydroxylation is 2. The molecule has 0 bridgehead atoms. The molecular weight excluding hydrogens is 452 g/mol. The summed E-state index contributed by atoms with van der Waals surface area (Å²) in [5, 5.41) is 0. The fraction of sp³-hybridized carbons (Fsp3) is 0.133. The number of benzene rings is 4. The molecular formula is C30H24N2O4. The van der Waals surface area contributed by atoms with Crippen LogP contribution in [0, 0.1) is 13.8 Å². The lowest BCUT2D eigenvalue weighted by Gasteiger charge is -2.17. The van der Waals surface area contributed by atoms with Crippen LogP contribution in [0.4, 0.5) is 11.4 Å². The van der Waals surface area contributed by atoms with Gasteiger partial charge in [-0.25, -0.2) is 9.59 Å². The van der Waals surface area contributed by atoms with Gasteiger partial charge in [-0.05, 0) is 96.8 Å². The zero-order chi connectivity index (χ0) is 25.5. The Morgan fingerprint density at radius 2 is 1.00 bits per heavy atom. The maximum atomic E-state index is 10.4. The minimum absolute atomic E-state index is 0.173. The Balaban J connectivity index is 1.47. The molecule has 178 valence electrons. The van der Waals surface area contributed by atoms with E-state index in [2.05, 4.69) is 41.2 Å². The molecule has 0 atom stereocenters. The normalized spacial score (nSPS) is 11.1. The maximum Gasteiger partial charge on any atom is 0.240 e. The Morgan fingerprint density at radius 1 is 0.611 bits per heavy atom. The third-order valence-corrected chi connectivity index (χ3v) is 5.88. The Kier molecular flexibility index (Phi) is 7.52. The van der Waals surface area contributed by atoms with Gasteiger partial charge in [0.05, 0.1) is 11.4 Å². The first-order valence-electron chi connectivity index (χ1n) is 11.4. The first kappa shape index (κ1) is 24.4. The van der Waals surface area contributed by atoms with E-state index in [0.717, 1.165) is 22.6 Å². The molecule has 4 aromatic carbocycles. The van der Waals surface area contributed by atoms with Gasteiger partial charge in [-0.3, -0.25) is 0 Å². The van der Waals surface area contributed by atoms with Crippen LogP contribution in [0.2, 0.25) is 0 Å². The van der Waals surface area contributed by atoms with Crippen LogP contribution in [0.5, 0.6) is 23.0 Å². The van der Waals surface area contributed by atoms with Crippen molar-refractivity contribution in [2.75, 3.05) is 0 Å². The number of hydrogen-bond acceptors (Lipinski definition) is 6. The molecule has 0 aromatic heterocycles. The second-order valence-electron chi connectivity index (χ2n) is 8.37. The molecule has 0 N–H and O–H groups in total. The van der Waals surface area contributed by atoms with Gasteiger partial charge < -0.3 is 9.47 Å². The third-order valence-electron chi connectivity index (χ3n) is 5.88. The highest BCUT2D eigenvalue weighted by molar-refractivity contribution is 5.52. The van der Waals surface area contributed by atoms with Crippen LogP contribution in [-0.4, -0.2) is 12.2 Å². The van der Waals surface area contributed by atoms with E-state index in [0.29, 0.717) is 22.9 Å². The van der Waals surface area contributed by atoms with Crippen LogP contribution < -0.4 is 9.47 Å². The molecule has 6 heteroatoms. The standard InChI is InChI=1S/C30H24N2O4/c1-20-16-23(4-14-29(20)35-27-10-6-25(7-11-27)31-18-33)22(3)24-5-15-30(21(2)17-24)36-28-12-8-26(9-13-28)32-19-34/h4-17,22H,1-3H3. The van der Waals surface area contributed by atoms with E-state index >= 15 is 0 Å². The number of rotatable bonds is 8. The van der Waals surface area contributed by atoms with E-state index in [1.807, 2.05) is 26.0 Å². The summed E-state index contributed by atoms with van der Waals surface area (Å²) in [5.41, 5.74) is 5.46. The number of ether oxygens (including phenoxy) is 2. The van der Waals surface area contributed by atoms with Crippen molar-refractivity contribution in [3.05, 3.63) is 107 Å². The molecule has 0 saturated carbocycles. The van der Waals surface area contributed by atoms with Crippen molar-refractivity contribution in [3.63, 3.8) is 0 Å². The van der Waals surface area contributed by atoms with E-state index in [4.69, 9.17) is 9.47 Å². The third kappa shape index (κ3) is 5.83. The molecule has 36 heavy (non-hydrogen) atoms. The van der Waals surface area contributed by atoms with Gasteiger partial charge in [-0.15, -0.1) is 0 Å². The number of aliphatic imine (C=N–C) groups is 2. The highest BCUT2D eigenvalue weighted by Gasteiger charge is 2.13. The fourth-order valence-corrected chi connectivity index (χ4v) is 3.84. The lowest BCUT2D eigenvalue weighted by atomic mass is 9.91.